The van der Waals surface area contributed by atoms with Crippen LogP contribution in [0.5, 0.6) is 11.5 Å². The number of amides is 2. The van der Waals surface area contributed by atoms with Gasteiger partial charge in [-0.2, -0.15) is 0 Å². The van der Waals surface area contributed by atoms with Gasteiger partial charge in [0.2, 0.25) is 11.8 Å². The highest BCUT2D eigenvalue weighted by Gasteiger charge is 2.83. The Morgan fingerprint density at radius 2 is 1.08 bits per heavy atom. The molecule has 1 heterocycles. The average Bonchev–Trinajstić information content (AvgIpc) is 3.67. The van der Waals surface area contributed by atoms with E-state index in [0.29, 0.717) is 44.9 Å². The van der Waals surface area contributed by atoms with Gasteiger partial charge in [0.1, 0.15) is 17.2 Å². The number of ether oxygens (including phenoxy) is 2. The van der Waals surface area contributed by atoms with Gasteiger partial charge in [-0.1, -0.05) is 96.5 Å². The van der Waals surface area contributed by atoms with E-state index in [1.165, 1.54) is 12.1 Å². The van der Waals surface area contributed by atoms with Gasteiger partial charge in [-0.15, -0.1) is 0 Å². The molecule has 0 radical (unpaired) electrons. The Balaban J connectivity index is 1.54. The van der Waals surface area contributed by atoms with Crippen LogP contribution in [0.4, 0.5) is 11.4 Å². The number of nitrogens with zero attached hydrogens (tertiary/aromatic N) is 2. The zero-order valence-corrected chi connectivity index (χ0v) is 28.2. The van der Waals surface area contributed by atoms with Crippen LogP contribution in [0.2, 0.25) is 5.02 Å². The molecule has 1 aliphatic heterocycles. The first-order valence-corrected chi connectivity index (χ1v) is 16.6. The van der Waals surface area contributed by atoms with Crippen molar-refractivity contribution in [2.45, 2.75) is 10.8 Å². The van der Waals surface area contributed by atoms with Gasteiger partial charge in [-0.25, -0.2) is 4.90 Å². The normalized spacial score (nSPS) is 23.5. The summed E-state index contributed by atoms with van der Waals surface area (Å²) in [6, 6.07) is 36.5. The molecule has 2 aliphatic carbocycles. The highest BCUT2D eigenvalue weighted by Crippen LogP contribution is 2.74. The summed E-state index contributed by atoms with van der Waals surface area (Å²) in [4.78, 5) is 59.0. The Bertz CT molecular complexity index is 2160. The Labute approximate surface area is 297 Å². The maximum Gasteiger partial charge on any atom is 0.294 e. The molecule has 5 aromatic carbocycles. The molecule has 8 rings (SSSR count). The molecule has 2 bridgehead atoms. The zero-order chi connectivity index (χ0) is 35.7. The van der Waals surface area contributed by atoms with E-state index in [9.17, 15) is 10.1 Å². The number of nitro groups is 1. The number of fused-ring (bicyclic) bond motifs is 5. The monoisotopic (exact) mass is 696 g/mol. The number of Topliss-reactive ketones (excluding diaryl/α,β-unsaturated/α-hetero) is 1. The first kappa shape index (κ1) is 32.2. The largest absolute Gasteiger partial charge is 0.497 e. The van der Waals surface area contributed by atoms with Crippen LogP contribution in [0, 0.1) is 22.0 Å². The minimum atomic E-state index is -1.69. The molecule has 0 aromatic heterocycles. The van der Waals surface area contributed by atoms with Gasteiger partial charge in [-0.05, 0) is 69.8 Å². The quantitative estimate of drug-likeness (QED) is 0.0940. The molecular weight excluding hydrogens is 668 g/mol. The van der Waals surface area contributed by atoms with Crippen LogP contribution in [-0.4, -0.2) is 36.7 Å². The number of rotatable bonds is 8. The van der Waals surface area contributed by atoms with Crippen LogP contribution in [0.15, 0.2) is 127 Å². The van der Waals surface area contributed by atoms with Crippen molar-refractivity contribution in [3.63, 3.8) is 0 Å². The van der Waals surface area contributed by atoms with E-state index in [4.69, 9.17) is 21.1 Å². The molecule has 2 amide bonds. The summed E-state index contributed by atoms with van der Waals surface area (Å²) >= 11 is 6.17. The number of halogens is 1. The molecule has 51 heavy (non-hydrogen) atoms. The van der Waals surface area contributed by atoms with E-state index in [1.807, 2.05) is 60.7 Å². The molecule has 252 valence electrons. The molecule has 5 aromatic rings. The highest BCUT2D eigenvalue weighted by atomic mass is 35.5. The lowest BCUT2D eigenvalue weighted by atomic mass is 9.59. The fourth-order valence-electron chi connectivity index (χ4n) is 8.71. The first-order chi connectivity index (χ1) is 24.7. The fraction of sp³-hybridized carbons (Fsp3) is 0.146. The molecule has 10 heteroatoms. The van der Waals surface area contributed by atoms with Crippen molar-refractivity contribution in [3.05, 3.63) is 165 Å². The minimum Gasteiger partial charge on any atom is -0.497 e. The molecule has 0 unspecified atom stereocenters. The number of methoxy groups -OCH3 is 2. The summed E-state index contributed by atoms with van der Waals surface area (Å²) in [6.07, 6.45) is 0. The molecule has 2 fully saturated rings. The van der Waals surface area contributed by atoms with Gasteiger partial charge in [0.25, 0.3) is 5.69 Å². The van der Waals surface area contributed by atoms with Gasteiger partial charge in [-0.3, -0.25) is 24.5 Å². The molecule has 0 N–H and O–H groups in total. The van der Waals surface area contributed by atoms with Crippen molar-refractivity contribution in [2.75, 3.05) is 19.1 Å². The first-order valence-electron chi connectivity index (χ1n) is 16.2. The number of allylic oxidation sites excluding steroid dienone is 2. The standard InChI is InChI=1S/C41H29ClN2O7/c1-50-29-18-13-24(14-19-29)33-34(25-15-20-30(51-2)21-16-25)41(27-11-7-4-8-12-27)36-35(40(33,39(41)47)26-9-5-3-6-10-26)37(45)43(38(36)46)31-22-17-28(42)23-32(31)44(48)49/h3-23,35-36H,1-2H3/t35-,36-,40-,41-/m1/s1. The van der Waals surface area contributed by atoms with Crippen LogP contribution >= 0.6 is 11.6 Å². The zero-order valence-electron chi connectivity index (χ0n) is 27.4. The minimum absolute atomic E-state index is 0.0757. The van der Waals surface area contributed by atoms with E-state index < -0.39 is 45.1 Å². The Morgan fingerprint density at radius 3 is 1.47 bits per heavy atom. The number of anilines is 1. The summed E-state index contributed by atoms with van der Waals surface area (Å²) in [7, 11) is 3.12. The number of nitro benzene ring substituents is 1. The summed E-state index contributed by atoms with van der Waals surface area (Å²) in [5.41, 5.74) is -0.541. The van der Waals surface area contributed by atoms with E-state index in [1.54, 1.807) is 62.8 Å². The van der Waals surface area contributed by atoms with Crippen LogP contribution in [0.1, 0.15) is 22.3 Å². The number of imide groups is 1. The summed E-state index contributed by atoms with van der Waals surface area (Å²) in [5, 5.41) is 12.4. The lowest BCUT2D eigenvalue weighted by Crippen LogP contribution is -2.45. The van der Waals surface area contributed by atoms with E-state index in [0.717, 1.165) is 11.0 Å². The smallest absolute Gasteiger partial charge is 0.294 e. The van der Waals surface area contributed by atoms with Crippen LogP contribution in [0.25, 0.3) is 11.1 Å². The molecule has 4 atom stereocenters. The number of hydrogen-bond donors (Lipinski definition) is 0. The van der Waals surface area contributed by atoms with Gasteiger partial charge >= 0.3 is 0 Å². The third-order valence-corrected chi connectivity index (χ3v) is 10.8. The predicted molar refractivity (Wildman–Crippen MR) is 192 cm³/mol. The maximum atomic E-state index is 16.1. The van der Waals surface area contributed by atoms with Gasteiger partial charge in [0.15, 0.2) is 5.78 Å². The summed E-state index contributed by atoms with van der Waals surface area (Å²) in [5.74, 6) is -3.04. The average molecular weight is 697 g/mol. The Kier molecular flexibility index (Phi) is 7.43. The SMILES string of the molecule is COc1ccc(C2=C(c3ccc(OC)cc3)[C@@]3(c4ccccc4)C(=O)[C@@]2(c2ccccc2)[C@H]2C(=O)N(c4ccc(Cl)cc4[N+](=O)[O-])C(=O)[C@@H]23)cc1. The molecule has 9 nitrogen and oxygen atoms in total. The number of carbonyl (C=O) groups is 3. The summed E-state index contributed by atoms with van der Waals surface area (Å²) in [6.45, 7) is 0. The van der Waals surface area contributed by atoms with E-state index in [2.05, 4.69) is 0 Å². The molecule has 1 saturated carbocycles. The van der Waals surface area contributed by atoms with Gasteiger partial charge in [0.05, 0.1) is 41.8 Å². The number of benzene rings is 5. The molecular formula is C41H29ClN2O7. The lowest BCUT2D eigenvalue weighted by molar-refractivity contribution is -0.384. The second-order valence-electron chi connectivity index (χ2n) is 12.7. The molecule has 0 spiro atoms. The van der Waals surface area contributed by atoms with Crippen molar-refractivity contribution in [1.82, 2.24) is 0 Å². The van der Waals surface area contributed by atoms with Crippen molar-refractivity contribution in [2.24, 2.45) is 11.8 Å². The fourth-order valence-corrected chi connectivity index (χ4v) is 8.88. The van der Waals surface area contributed by atoms with Crippen molar-refractivity contribution >= 4 is 51.7 Å². The van der Waals surface area contributed by atoms with Gasteiger partial charge in [0, 0.05) is 11.1 Å². The molecule has 3 aliphatic rings. The van der Waals surface area contributed by atoms with Gasteiger partial charge < -0.3 is 9.47 Å². The Morgan fingerprint density at radius 1 is 0.647 bits per heavy atom. The second-order valence-corrected chi connectivity index (χ2v) is 13.2. The van der Waals surface area contributed by atoms with Crippen molar-refractivity contribution in [1.29, 1.82) is 0 Å². The highest BCUT2D eigenvalue weighted by molar-refractivity contribution is 6.39. The third-order valence-electron chi connectivity index (χ3n) is 10.6. The third kappa shape index (κ3) is 4.24. The number of ketones is 1. The van der Waals surface area contributed by atoms with Crippen LogP contribution in [-0.2, 0) is 25.2 Å². The second kappa shape index (κ2) is 11.8. The van der Waals surface area contributed by atoms with Crippen molar-refractivity contribution in [3.8, 4) is 11.5 Å². The lowest BCUT2D eigenvalue weighted by Gasteiger charge is -2.39. The predicted octanol–water partition coefficient (Wildman–Crippen LogP) is 7.45. The number of hydrogen-bond acceptors (Lipinski definition) is 7. The van der Waals surface area contributed by atoms with E-state index >= 15 is 14.4 Å². The van der Waals surface area contributed by atoms with Crippen LogP contribution in [0.3, 0.4) is 0 Å². The van der Waals surface area contributed by atoms with Crippen molar-refractivity contribution < 1.29 is 28.8 Å². The molecule has 1 saturated heterocycles. The summed E-state index contributed by atoms with van der Waals surface area (Å²) < 4.78 is 11.0. The number of carbonyl (C=O) groups excluding carboxylic acids is 3. The topological polar surface area (TPSA) is 116 Å². The van der Waals surface area contributed by atoms with Crippen LogP contribution < -0.4 is 14.4 Å². The maximum absolute atomic E-state index is 16.1. The van der Waals surface area contributed by atoms with E-state index in [-0.39, 0.29) is 16.5 Å². The Hall–Kier alpha value is -6.06.